The van der Waals surface area contributed by atoms with Crippen LogP contribution in [0.1, 0.15) is 23.2 Å². The van der Waals surface area contributed by atoms with E-state index >= 15 is 0 Å². The van der Waals surface area contributed by atoms with Gasteiger partial charge in [0.05, 0.1) is 22.5 Å². The molecule has 1 saturated heterocycles. The molecule has 7 nitrogen and oxygen atoms in total. The van der Waals surface area contributed by atoms with Gasteiger partial charge in [-0.15, -0.1) is 0 Å². The Morgan fingerprint density at radius 2 is 1.83 bits per heavy atom. The molecule has 0 spiro atoms. The van der Waals surface area contributed by atoms with Gasteiger partial charge in [-0.1, -0.05) is 27.3 Å². The van der Waals surface area contributed by atoms with Crippen molar-refractivity contribution in [1.82, 2.24) is 4.57 Å². The van der Waals surface area contributed by atoms with Crippen LogP contribution < -0.4 is 9.70 Å². The number of ether oxygens (including phenoxy) is 1. The number of hydrogen-bond donors (Lipinski definition) is 0. The molecule has 0 bridgehead atoms. The number of rotatable bonds is 5. The van der Waals surface area contributed by atoms with Crippen molar-refractivity contribution in [3.63, 3.8) is 0 Å². The van der Waals surface area contributed by atoms with Crippen LogP contribution in [-0.2, 0) is 20.9 Å². The maximum Gasteiger partial charge on any atom is 0.279 e. The molecule has 2 heterocycles. The summed E-state index contributed by atoms with van der Waals surface area (Å²) in [6.45, 7) is 1.07. The molecular formula is C21H18BrN3O4S. The first-order valence-electron chi connectivity index (χ1n) is 9.30. The molecule has 1 aliphatic heterocycles. The molecule has 30 heavy (non-hydrogen) atoms. The zero-order chi connectivity index (χ0) is 21.3. The fraction of sp³-hybridized carbons (Fsp3) is 0.238. The molecular weight excluding hydrogens is 470 g/mol. The number of carbonyl (C=O) groups excluding carboxylic acids is 3. The van der Waals surface area contributed by atoms with Gasteiger partial charge in [0.15, 0.2) is 4.80 Å². The van der Waals surface area contributed by atoms with E-state index in [4.69, 9.17) is 4.74 Å². The summed E-state index contributed by atoms with van der Waals surface area (Å²) in [7, 11) is 1.63. The number of thiazole rings is 1. The average molecular weight is 488 g/mol. The summed E-state index contributed by atoms with van der Waals surface area (Å²) in [6.07, 6.45) is 0.441. The van der Waals surface area contributed by atoms with Crippen LogP contribution in [0.5, 0.6) is 0 Å². The van der Waals surface area contributed by atoms with Crippen LogP contribution in [0.3, 0.4) is 0 Å². The fourth-order valence-electron chi connectivity index (χ4n) is 3.30. The highest BCUT2D eigenvalue weighted by Crippen LogP contribution is 2.24. The number of halogens is 1. The van der Waals surface area contributed by atoms with Crippen LogP contribution in [0.4, 0.5) is 5.69 Å². The summed E-state index contributed by atoms with van der Waals surface area (Å²) < 4.78 is 9.12. The van der Waals surface area contributed by atoms with E-state index in [-0.39, 0.29) is 24.7 Å². The summed E-state index contributed by atoms with van der Waals surface area (Å²) in [5, 5.41) is 0. The molecule has 2 aromatic carbocycles. The van der Waals surface area contributed by atoms with Crippen LogP contribution >= 0.6 is 27.3 Å². The molecule has 1 aliphatic rings. The highest BCUT2D eigenvalue weighted by molar-refractivity contribution is 9.10. The van der Waals surface area contributed by atoms with Crippen molar-refractivity contribution in [3.8, 4) is 0 Å². The van der Waals surface area contributed by atoms with Crippen molar-refractivity contribution in [2.45, 2.75) is 19.4 Å². The first-order chi connectivity index (χ1) is 14.5. The number of benzene rings is 2. The Balaban J connectivity index is 1.67. The largest absolute Gasteiger partial charge is 0.383 e. The van der Waals surface area contributed by atoms with Crippen molar-refractivity contribution < 1.29 is 19.1 Å². The first-order valence-corrected chi connectivity index (χ1v) is 10.9. The summed E-state index contributed by atoms with van der Waals surface area (Å²) in [6, 6.07) is 12.3. The Bertz CT molecular complexity index is 1200. The molecule has 154 valence electrons. The van der Waals surface area contributed by atoms with Gasteiger partial charge in [-0.25, -0.2) is 0 Å². The van der Waals surface area contributed by atoms with Crippen molar-refractivity contribution in [2.24, 2.45) is 4.99 Å². The van der Waals surface area contributed by atoms with Crippen molar-refractivity contribution in [2.75, 3.05) is 18.6 Å². The maximum absolute atomic E-state index is 12.8. The molecule has 0 atom stereocenters. The van der Waals surface area contributed by atoms with E-state index in [1.807, 2.05) is 22.8 Å². The van der Waals surface area contributed by atoms with Crippen molar-refractivity contribution in [1.29, 1.82) is 0 Å². The van der Waals surface area contributed by atoms with Gasteiger partial charge in [0.1, 0.15) is 0 Å². The lowest BCUT2D eigenvalue weighted by molar-refractivity contribution is -0.121. The van der Waals surface area contributed by atoms with E-state index in [9.17, 15) is 14.4 Å². The van der Waals surface area contributed by atoms with E-state index < -0.39 is 5.91 Å². The van der Waals surface area contributed by atoms with Crippen LogP contribution in [0, 0.1) is 0 Å². The summed E-state index contributed by atoms with van der Waals surface area (Å²) >= 11 is 4.90. The van der Waals surface area contributed by atoms with Gasteiger partial charge in [-0.05, 0) is 42.5 Å². The topological polar surface area (TPSA) is 81.0 Å². The molecule has 0 unspecified atom stereocenters. The van der Waals surface area contributed by atoms with Crippen LogP contribution in [-0.4, -0.2) is 36.0 Å². The molecule has 3 aromatic rings. The van der Waals surface area contributed by atoms with Gasteiger partial charge in [0, 0.05) is 36.5 Å². The van der Waals surface area contributed by atoms with Crippen molar-refractivity contribution in [3.05, 3.63) is 57.3 Å². The molecule has 0 N–H and O–H groups in total. The molecule has 1 aromatic heterocycles. The fourth-order valence-corrected chi connectivity index (χ4v) is 4.91. The summed E-state index contributed by atoms with van der Waals surface area (Å²) in [4.78, 5) is 42.6. The SMILES string of the molecule is COCCn1c(=NC(=O)c2ccc(N3C(=O)CCC3=O)cc2)sc2cc(Br)ccc21. The molecule has 4 rings (SSSR count). The molecule has 0 saturated carbocycles. The molecule has 9 heteroatoms. The monoisotopic (exact) mass is 487 g/mol. The normalized spacial score (nSPS) is 14.9. The molecule has 3 amide bonds. The van der Waals surface area contributed by atoms with Gasteiger partial charge in [-0.2, -0.15) is 4.99 Å². The second-order valence-corrected chi connectivity index (χ2v) is 8.65. The van der Waals surface area contributed by atoms with E-state index in [1.54, 1.807) is 31.4 Å². The van der Waals surface area contributed by atoms with E-state index in [1.165, 1.54) is 11.3 Å². The number of methoxy groups -OCH3 is 1. The lowest BCUT2D eigenvalue weighted by Crippen LogP contribution is -2.28. The third-order valence-electron chi connectivity index (χ3n) is 4.78. The molecule has 1 fully saturated rings. The number of nitrogens with zero attached hydrogens (tertiary/aromatic N) is 3. The zero-order valence-electron chi connectivity index (χ0n) is 16.1. The van der Waals surface area contributed by atoms with Crippen molar-refractivity contribution >= 4 is 60.9 Å². The average Bonchev–Trinajstić information content (AvgIpc) is 3.24. The molecule has 0 radical (unpaired) electrons. The van der Waals surface area contributed by atoms with E-state index in [0.717, 1.165) is 19.6 Å². The number of amides is 3. The summed E-state index contributed by atoms with van der Waals surface area (Å²) in [5.41, 5.74) is 1.84. The Hall–Kier alpha value is -2.62. The quantitative estimate of drug-likeness (QED) is 0.515. The second-order valence-electron chi connectivity index (χ2n) is 6.73. The highest BCUT2D eigenvalue weighted by atomic mass is 79.9. The summed E-state index contributed by atoms with van der Waals surface area (Å²) in [5.74, 6) is -0.837. The van der Waals surface area contributed by atoms with Gasteiger partial charge in [-0.3, -0.25) is 19.3 Å². The minimum absolute atomic E-state index is 0.221. The van der Waals surface area contributed by atoms with E-state index in [0.29, 0.717) is 29.2 Å². The number of aromatic nitrogens is 1. The maximum atomic E-state index is 12.8. The number of hydrogen-bond acceptors (Lipinski definition) is 5. The van der Waals surface area contributed by atoms with Crippen LogP contribution in [0.15, 0.2) is 51.9 Å². The Morgan fingerprint density at radius 3 is 2.50 bits per heavy atom. The lowest BCUT2D eigenvalue weighted by Gasteiger charge is -2.13. The second kappa shape index (κ2) is 8.63. The number of imide groups is 1. The third-order valence-corrected chi connectivity index (χ3v) is 6.32. The number of fused-ring (bicyclic) bond motifs is 1. The Morgan fingerprint density at radius 1 is 1.13 bits per heavy atom. The Kier molecular flexibility index (Phi) is 5.94. The van der Waals surface area contributed by atoms with E-state index in [2.05, 4.69) is 20.9 Å². The standard InChI is InChI=1S/C21H18BrN3O4S/c1-29-11-10-24-16-7-4-14(22)12-17(16)30-21(24)23-20(28)13-2-5-15(6-3-13)25-18(26)8-9-19(25)27/h2-7,12H,8-11H2,1H3. The van der Waals surface area contributed by atoms with Crippen LogP contribution in [0.25, 0.3) is 10.2 Å². The number of anilines is 1. The third kappa shape index (κ3) is 4.00. The van der Waals surface area contributed by atoms with Gasteiger partial charge in [0.25, 0.3) is 5.91 Å². The predicted molar refractivity (Wildman–Crippen MR) is 117 cm³/mol. The Labute approximate surface area is 184 Å². The zero-order valence-corrected chi connectivity index (χ0v) is 18.5. The van der Waals surface area contributed by atoms with Gasteiger partial charge in [0.2, 0.25) is 11.8 Å². The van der Waals surface area contributed by atoms with Gasteiger partial charge < -0.3 is 9.30 Å². The lowest BCUT2D eigenvalue weighted by atomic mass is 10.2. The first kappa shape index (κ1) is 20.6. The molecule has 0 aliphatic carbocycles. The highest BCUT2D eigenvalue weighted by Gasteiger charge is 2.30. The van der Waals surface area contributed by atoms with Gasteiger partial charge >= 0.3 is 0 Å². The van der Waals surface area contributed by atoms with Crippen LogP contribution in [0.2, 0.25) is 0 Å². The minimum Gasteiger partial charge on any atom is -0.383 e. The number of carbonyl (C=O) groups is 3. The minimum atomic E-state index is -0.391. The predicted octanol–water partition coefficient (Wildman–Crippen LogP) is 3.51. The smallest absolute Gasteiger partial charge is 0.279 e.